The Hall–Kier alpha value is -1.06. The zero-order chi connectivity index (χ0) is 11.4. The molecule has 0 radical (unpaired) electrons. The lowest BCUT2D eigenvalue weighted by Crippen LogP contribution is -2.14. The maximum absolute atomic E-state index is 11.2. The second-order valence-electron chi connectivity index (χ2n) is 2.95. The van der Waals surface area contributed by atoms with Crippen molar-refractivity contribution in [3.8, 4) is 0 Å². The SMILES string of the molecule is CCOC(=O)C(=C=C(C)C)S(C)(=O)=O. The third-order valence-corrected chi connectivity index (χ3v) is 2.21. The highest BCUT2D eigenvalue weighted by molar-refractivity contribution is 7.95. The molecule has 0 N–H and O–H groups in total. The summed E-state index contributed by atoms with van der Waals surface area (Å²) in [5.41, 5.74) is 3.08. The van der Waals surface area contributed by atoms with Gasteiger partial charge in [0.1, 0.15) is 0 Å². The standard InChI is InChI=1S/C9H14O4S/c1-5-13-9(10)8(6-7(2)3)14(4,11)12/h5H2,1-4H3. The van der Waals surface area contributed by atoms with Crippen LogP contribution in [0.2, 0.25) is 0 Å². The Kier molecular flexibility index (Phi) is 4.60. The molecule has 0 aliphatic heterocycles. The van der Waals surface area contributed by atoms with E-state index in [2.05, 4.69) is 10.5 Å². The number of esters is 1. The molecule has 0 aliphatic rings. The third-order valence-electron chi connectivity index (χ3n) is 1.20. The Morgan fingerprint density at radius 1 is 1.36 bits per heavy atom. The molecule has 0 amide bonds. The normalized spacial score (nSPS) is 10.3. The van der Waals surface area contributed by atoms with Crippen LogP contribution in [0.15, 0.2) is 16.2 Å². The molecular weight excluding hydrogens is 204 g/mol. The molecule has 0 saturated heterocycles. The van der Waals surface area contributed by atoms with E-state index < -0.39 is 20.7 Å². The summed E-state index contributed by atoms with van der Waals surface area (Å²) in [7, 11) is -3.57. The van der Waals surface area contributed by atoms with Gasteiger partial charge in [-0.05, 0) is 26.3 Å². The van der Waals surface area contributed by atoms with Crippen LogP contribution in [0.4, 0.5) is 0 Å². The number of carbonyl (C=O) groups excluding carboxylic acids is 1. The zero-order valence-electron chi connectivity index (χ0n) is 8.75. The van der Waals surface area contributed by atoms with Crippen LogP contribution in [0.3, 0.4) is 0 Å². The minimum atomic E-state index is -3.57. The van der Waals surface area contributed by atoms with Gasteiger partial charge in [0.25, 0.3) is 0 Å². The van der Waals surface area contributed by atoms with E-state index in [1.807, 2.05) is 0 Å². The highest BCUT2D eigenvalue weighted by Gasteiger charge is 2.21. The molecule has 0 aromatic rings. The van der Waals surface area contributed by atoms with Crippen molar-refractivity contribution in [2.24, 2.45) is 0 Å². The molecule has 0 atom stereocenters. The van der Waals surface area contributed by atoms with Crippen molar-refractivity contribution in [1.29, 1.82) is 0 Å². The number of carbonyl (C=O) groups is 1. The number of hydrogen-bond acceptors (Lipinski definition) is 4. The van der Waals surface area contributed by atoms with Crippen LogP contribution in [0.25, 0.3) is 0 Å². The van der Waals surface area contributed by atoms with E-state index in [0.29, 0.717) is 5.57 Å². The number of ether oxygens (including phenoxy) is 1. The van der Waals surface area contributed by atoms with E-state index in [1.54, 1.807) is 20.8 Å². The monoisotopic (exact) mass is 218 g/mol. The second kappa shape index (κ2) is 4.98. The van der Waals surface area contributed by atoms with E-state index in [1.165, 1.54) is 0 Å². The summed E-state index contributed by atoms with van der Waals surface area (Å²) in [4.78, 5) is 10.8. The lowest BCUT2D eigenvalue weighted by atomic mass is 10.4. The summed E-state index contributed by atoms with van der Waals surface area (Å²) in [6, 6.07) is 0. The molecule has 0 aliphatic carbocycles. The van der Waals surface area contributed by atoms with Crippen LogP contribution >= 0.6 is 0 Å². The van der Waals surface area contributed by atoms with Crippen molar-refractivity contribution in [2.75, 3.05) is 12.9 Å². The van der Waals surface area contributed by atoms with Gasteiger partial charge in [0, 0.05) is 6.26 Å². The van der Waals surface area contributed by atoms with Gasteiger partial charge in [0.05, 0.1) is 6.61 Å². The highest BCUT2D eigenvalue weighted by Crippen LogP contribution is 2.06. The maximum atomic E-state index is 11.2. The van der Waals surface area contributed by atoms with Crippen LogP contribution in [-0.4, -0.2) is 27.2 Å². The molecule has 14 heavy (non-hydrogen) atoms. The molecule has 0 aromatic heterocycles. The maximum Gasteiger partial charge on any atom is 0.357 e. The lowest BCUT2D eigenvalue weighted by molar-refractivity contribution is -0.137. The molecule has 0 spiro atoms. The van der Waals surface area contributed by atoms with Crippen LogP contribution < -0.4 is 0 Å². The molecule has 0 unspecified atom stereocenters. The van der Waals surface area contributed by atoms with Crippen molar-refractivity contribution >= 4 is 15.8 Å². The van der Waals surface area contributed by atoms with Gasteiger partial charge in [-0.15, -0.1) is 0 Å². The lowest BCUT2D eigenvalue weighted by Gasteiger charge is -2.01. The molecule has 0 saturated carbocycles. The van der Waals surface area contributed by atoms with Crippen molar-refractivity contribution < 1.29 is 17.9 Å². The molecule has 0 rings (SSSR count). The minimum Gasteiger partial charge on any atom is -0.461 e. The first-order valence-electron chi connectivity index (χ1n) is 4.10. The predicted molar refractivity (Wildman–Crippen MR) is 53.4 cm³/mol. The van der Waals surface area contributed by atoms with Crippen LogP contribution in [0, 0.1) is 0 Å². The molecule has 0 fully saturated rings. The van der Waals surface area contributed by atoms with Gasteiger partial charge in [-0.25, -0.2) is 13.2 Å². The average Bonchev–Trinajstić information content (AvgIpc) is 1.98. The van der Waals surface area contributed by atoms with Gasteiger partial charge in [-0.1, -0.05) is 5.73 Å². The van der Waals surface area contributed by atoms with E-state index in [0.717, 1.165) is 6.26 Å². The second-order valence-corrected chi connectivity index (χ2v) is 4.90. The quantitative estimate of drug-likeness (QED) is 0.403. The summed E-state index contributed by atoms with van der Waals surface area (Å²) in [5.74, 6) is -0.851. The predicted octanol–water partition coefficient (Wildman–Crippen LogP) is 1.04. The largest absolute Gasteiger partial charge is 0.461 e. The van der Waals surface area contributed by atoms with Crippen LogP contribution in [0.5, 0.6) is 0 Å². The molecule has 0 heterocycles. The number of rotatable bonds is 3. The summed E-state index contributed by atoms with van der Waals surface area (Å²) in [6.45, 7) is 5.07. The van der Waals surface area contributed by atoms with Crippen molar-refractivity contribution in [3.05, 3.63) is 16.2 Å². The topological polar surface area (TPSA) is 60.4 Å². The van der Waals surface area contributed by atoms with E-state index in [9.17, 15) is 13.2 Å². The first-order chi connectivity index (χ1) is 6.29. The van der Waals surface area contributed by atoms with E-state index in [-0.39, 0.29) is 6.61 Å². The first-order valence-corrected chi connectivity index (χ1v) is 5.99. The van der Waals surface area contributed by atoms with Gasteiger partial charge >= 0.3 is 5.97 Å². The Balaban J connectivity index is 5.39. The average molecular weight is 218 g/mol. The number of sulfone groups is 1. The smallest absolute Gasteiger partial charge is 0.357 e. The molecule has 0 aromatic carbocycles. The van der Waals surface area contributed by atoms with E-state index in [4.69, 9.17) is 0 Å². The minimum absolute atomic E-state index is 0.141. The van der Waals surface area contributed by atoms with Gasteiger partial charge in [0.15, 0.2) is 14.7 Å². The summed E-state index contributed by atoms with van der Waals surface area (Å²) < 4.78 is 26.9. The van der Waals surface area contributed by atoms with Crippen molar-refractivity contribution in [3.63, 3.8) is 0 Å². The fourth-order valence-electron chi connectivity index (χ4n) is 0.719. The Morgan fingerprint density at radius 2 is 1.86 bits per heavy atom. The molecule has 4 nitrogen and oxygen atoms in total. The van der Waals surface area contributed by atoms with Gasteiger partial charge in [-0.3, -0.25) is 0 Å². The zero-order valence-corrected chi connectivity index (χ0v) is 9.56. The Morgan fingerprint density at radius 3 is 2.14 bits per heavy atom. The molecule has 0 bridgehead atoms. The van der Waals surface area contributed by atoms with Crippen LogP contribution in [0.1, 0.15) is 20.8 Å². The van der Waals surface area contributed by atoms with Gasteiger partial charge in [0.2, 0.25) is 0 Å². The molecule has 5 heteroatoms. The summed E-state index contributed by atoms with van der Waals surface area (Å²) >= 11 is 0. The van der Waals surface area contributed by atoms with Crippen molar-refractivity contribution in [2.45, 2.75) is 20.8 Å². The first kappa shape index (κ1) is 12.9. The van der Waals surface area contributed by atoms with Gasteiger partial charge in [-0.2, -0.15) is 0 Å². The van der Waals surface area contributed by atoms with Crippen LogP contribution in [-0.2, 0) is 19.4 Å². The highest BCUT2D eigenvalue weighted by atomic mass is 32.2. The fraction of sp³-hybridized carbons (Fsp3) is 0.556. The number of hydrogen-bond donors (Lipinski definition) is 0. The Labute approximate surface area is 84.2 Å². The Bertz CT molecular complexity index is 379. The van der Waals surface area contributed by atoms with E-state index >= 15 is 0 Å². The summed E-state index contributed by atoms with van der Waals surface area (Å²) in [6.07, 6.45) is 0.954. The van der Waals surface area contributed by atoms with Crippen molar-refractivity contribution in [1.82, 2.24) is 0 Å². The molecular formula is C9H14O4S. The fourth-order valence-corrected chi connectivity index (χ4v) is 1.47. The van der Waals surface area contributed by atoms with Gasteiger partial charge < -0.3 is 4.74 Å². The third kappa shape index (κ3) is 4.25. The molecule has 80 valence electrons. The summed E-state index contributed by atoms with van der Waals surface area (Å²) in [5, 5.41) is 0.